The lowest BCUT2D eigenvalue weighted by Crippen LogP contribution is -2.96. The van der Waals surface area contributed by atoms with Crippen molar-refractivity contribution < 1.29 is 19.9 Å². The van der Waals surface area contributed by atoms with Gasteiger partial charge in [-0.25, -0.2) is 15.1 Å². The second-order valence-corrected chi connectivity index (χ2v) is 7.42. The fourth-order valence-electron chi connectivity index (χ4n) is 3.71. The number of nitrogens with one attached hydrogen (secondary N) is 2. The van der Waals surface area contributed by atoms with Gasteiger partial charge in [0.05, 0.1) is 16.9 Å². The summed E-state index contributed by atoms with van der Waals surface area (Å²) in [6, 6.07) is 15.3. The molecular formula is C20H16BrN3O3+2. The molecule has 0 saturated carbocycles. The molecule has 0 unspecified atom stereocenters. The smallest absolute Gasteiger partial charge is 0.344 e. The van der Waals surface area contributed by atoms with Crippen molar-refractivity contribution >= 4 is 33.2 Å². The van der Waals surface area contributed by atoms with Crippen LogP contribution in [0.1, 0.15) is 17.0 Å². The van der Waals surface area contributed by atoms with Gasteiger partial charge in [-0.15, -0.1) is 0 Å². The van der Waals surface area contributed by atoms with Gasteiger partial charge in [0.2, 0.25) is 6.34 Å². The zero-order chi connectivity index (χ0) is 18.5. The zero-order valence-electron chi connectivity index (χ0n) is 14.2. The molecule has 0 bridgehead atoms. The maximum atomic E-state index is 13.0. The number of benzene rings is 2. The number of fused-ring (bicyclic) bond motifs is 3. The summed E-state index contributed by atoms with van der Waals surface area (Å²) in [6.07, 6.45) is 1.46. The van der Waals surface area contributed by atoms with E-state index in [9.17, 15) is 4.79 Å². The van der Waals surface area contributed by atoms with Crippen LogP contribution in [0.3, 0.4) is 0 Å². The molecule has 0 aliphatic carbocycles. The van der Waals surface area contributed by atoms with Crippen LogP contribution in [-0.4, -0.2) is 12.5 Å². The molecule has 0 amide bonds. The highest BCUT2D eigenvalue weighted by Gasteiger charge is 2.43. The molecule has 0 spiro atoms. The Balaban J connectivity index is 1.84. The summed E-state index contributed by atoms with van der Waals surface area (Å²) in [5.41, 5.74) is 6.62. The van der Waals surface area contributed by atoms with Crippen LogP contribution in [0.2, 0.25) is 0 Å². The van der Waals surface area contributed by atoms with E-state index in [0.717, 1.165) is 21.0 Å². The summed E-state index contributed by atoms with van der Waals surface area (Å²) >= 11 is 3.47. The molecule has 5 N–H and O–H groups in total. The lowest BCUT2D eigenvalue weighted by molar-refractivity contribution is -0.687. The summed E-state index contributed by atoms with van der Waals surface area (Å²) in [5, 5.41) is 3.89. The maximum absolute atomic E-state index is 13.0. The lowest BCUT2D eigenvalue weighted by Gasteiger charge is -2.29. The van der Waals surface area contributed by atoms with Gasteiger partial charge in [0.15, 0.2) is 5.75 Å². The molecule has 27 heavy (non-hydrogen) atoms. The first-order chi connectivity index (χ1) is 13.1. The van der Waals surface area contributed by atoms with E-state index in [1.807, 2.05) is 42.5 Å². The molecule has 2 aliphatic rings. The van der Waals surface area contributed by atoms with E-state index in [-0.39, 0.29) is 12.1 Å². The van der Waals surface area contributed by atoms with Crippen molar-refractivity contribution in [2.45, 2.75) is 12.1 Å². The molecule has 3 aromatic rings. The van der Waals surface area contributed by atoms with E-state index in [0.29, 0.717) is 22.8 Å². The summed E-state index contributed by atoms with van der Waals surface area (Å²) < 4.78 is 12.7. The number of para-hydroxylation sites is 1. The van der Waals surface area contributed by atoms with Gasteiger partial charge in [0.25, 0.3) is 12.0 Å². The Hall–Kier alpha value is -2.90. The number of ether oxygens (including phenoxy) is 1. The highest BCUT2D eigenvalue weighted by molar-refractivity contribution is 9.10. The van der Waals surface area contributed by atoms with Crippen LogP contribution >= 0.6 is 15.9 Å². The van der Waals surface area contributed by atoms with Crippen LogP contribution in [0, 0.1) is 0 Å². The molecule has 5 rings (SSSR count). The molecule has 134 valence electrons. The average molecular weight is 426 g/mol. The molecular weight excluding hydrogens is 410 g/mol. The van der Waals surface area contributed by atoms with Gasteiger partial charge < -0.3 is 14.9 Å². The Morgan fingerprint density at radius 3 is 2.70 bits per heavy atom. The van der Waals surface area contributed by atoms with E-state index in [1.165, 1.54) is 0 Å². The minimum Gasteiger partial charge on any atom is -0.422 e. The Kier molecular flexibility index (Phi) is 3.66. The second kappa shape index (κ2) is 6.07. The fourth-order valence-corrected chi connectivity index (χ4v) is 3.98. The number of rotatable bonds is 1. The number of hydrogen-bond acceptors (Lipinski definition) is 4. The van der Waals surface area contributed by atoms with Crippen LogP contribution in [0.15, 0.2) is 73.7 Å². The third-order valence-electron chi connectivity index (χ3n) is 4.93. The van der Waals surface area contributed by atoms with Crippen molar-refractivity contribution in [3.05, 3.63) is 86.0 Å². The normalized spacial score (nSPS) is 20.7. The first-order valence-electron chi connectivity index (χ1n) is 8.54. The molecule has 2 aromatic carbocycles. The first-order valence-corrected chi connectivity index (χ1v) is 9.33. The summed E-state index contributed by atoms with van der Waals surface area (Å²) in [7, 11) is 0. The number of hydrogen-bond donors (Lipinski definition) is 3. The largest absolute Gasteiger partial charge is 0.422 e. The van der Waals surface area contributed by atoms with Crippen molar-refractivity contribution in [2.75, 3.05) is 0 Å². The van der Waals surface area contributed by atoms with Gasteiger partial charge in [-0.2, -0.15) is 0 Å². The van der Waals surface area contributed by atoms with E-state index >= 15 is 0 Å². The van der Waals surface area contributed by atoms with Crippen LogP contribution in [0.5, 0.6) is 5.75 Å². The molecule has 2 aliphatic heterocycles. The zero-order valence-corrected chi connectivity index (χ0v) is 15.7. The molecule has 3 heterocycles. The predicted octanol–water partition coefficient (Wildman–Crippen LogP) is 0.572. The Bertz CT molecular complexity index is 1180. The highest BCUT2D eigenvalue weighted by atomic mass is 79.9. The Morgan fingerprint density at radius 1 is 1.11 bits per heavy atom. The molecule has 0 fully saturated rings. The van der Waals surface area contributed by atoms with Crippen LogP contribution in [-0.2, 0) is 0 Å². The topological polar surface area (TPSA) is 93.1 Å². The van der Waals surface area contributed by atoms with Crippen molar-refractivity contribution in [3.63, 3.8) is 0 Å². The summed E-state index contributed by atoms with van der Waals surface area (Å²) in [5.74, 6) is 0.808. The van der Waals surface area contributed by atoms with Gasteiger partial charge >= 0.3 is 5.63 Å². The van der Waals surface area contributed by atoms with Crippen molar-refractivity contribution in [1.82, 2.24) is 5.32 Å². The average Bonchev–Trinajstić information content (AvgIpc) is 2.68. The quantitative estimate of drug-likeness (QED) is 0.497. The standard InChI is InChI=1S/C20H14BrN3O3/c21-11-7-5-10(6-8-11)14-15-17(27-19-16(14)18(22)23-9-24-19)12-3-1-2-4-13(12)26-20(15)25/h1-9,14,18H,22H2,(H,23,24)/p+2/t14-,18+/m1/s1. The van der Waals surface area contributed by atoms with E-state index in [4.69, 9.17) is 9.15 Å². The van der Waals surface area contributed by atoms with Crippen molar-refractivity contribution in [3.8, 4) is 5.75 Å². The molecule has 1 aromatic heterocycles. The first kappa shape index (κ1) is 16.3. The van der Waals surface area contributed by atoms with Gasteiger partial charge in [0.1, 0.15) is 11.2 Å². The second-order valence-electron chi connectivity index (χ2n) is 6.51. The van der Waals surface area contributed by atoms with Crippen molar-refractivity contribution in [2.24, 2.45) is 0 Å². The Morgan fingerprint density at radius 2 is 1.89 bits per heavy atom. The van der Waals surface area contributed by atoms with Gasteiger partial charge in [-0.3, -0.25) is 0 Å². The van der Waals surface area contributed by atoms with Crippen LogP contribution in [0.4, 0.5) is 0 Å². The van der Waals surface area contributed by atoms with Crippen molar-refractivity contribution in [1.29, 1.82) is 0 Å². The van der Waals surface area contributed by atoms with Gasteiger partial charge in [0, 0.05) is 4.47 Å². The minimum absolute atomic E-state index is 0.242. The molecule has 7 heteroatoms. The SMILES string of the molecule is [NH3+][C@H]1[NH+]=CNC2=C1[C@H](c1ccc(Br)cc1)c1c(c3ccccc3oc1=O)O2. The maximum Gasteiger partial charge on any atom is 0.344 e. The van der Waals surface area contributed by atoms with E-state index < -0.39 is 5.63 Å². The Labute approximate surface area is 162 Å². The van der Waals surface area contributed by atoms with Gasteiger partial charge in [-0.1, -0.05) is 40.2 Å². The molecule has 0 radical (unpaired) electrons. The van der Waals surface area contributed by atoms with E-state index in [1.54, 1.807) is 12.4 Å². The molecule has 6 nitrogen and oxygen atoms in total. The van der Waals surface area contributed by atoms with Gasteiger partial charge in [-0.05, 0) is 29.8 Å². The minimum atomic E-state index is -0.398. The number of quaternary nitrogens is 1. The predicted molar refractivity (Wildman–Crippen MR) is 103 cm³/mol. The third-order valence-corrected chi connectivity index (χ3v) is 5.46. The summed E-state index contributed by atoms with van der Waals surface area (Å²) in [4.78, 5) is 16.1. The molecule has 0 saturated heterocycles. The number of halogens is 1. The highest BCUT2D eigenvalue weighted by Crippen LogP contribution is 2.44. The summed E-state index contributed by atoms with van der Waals surface area (Å²) in [6.45, 7) is 0. The van der Waals surface area contributed by atoms with Crippen LogP contribution in [0.25, 0.3) is 11.0 Å². The third kappa shape index (κ3) is 2.50. The van der Waals surface area contributed by atoms with Crippen LogP contribution < -0.4 is 26.4 Å². The molecule has 2 atom stereocenters. The monoisotopic (exact) mass is 425 g/mol. The van der Waals surface area contributed by atoms with E-state index in [2.05, 4.69) is 32.0 Å². The lowest BCUT2D eigenvalue weighted by atomic mass is 9.82. The fraction of sp³-hybridized carbons (Fsp3) is 0.100.